The second-order valence-corrected chi connectivity index (χ2v) is 7.83. The van der Waals surface area contributed by atoms with Gasteiger partial charge in [-0.25, -0.2) is 0 Å². The largest absolute Gasteiger partial charge is 0.352 e. The molecule has 2 N–H and O–H groups in total. The molecule has 1 atom stereocenters. The second-order valence-electron chi connectivity index (χ2n) is 7.83. The van der Waals surface area contributed by atoms with Gasteiger partial charge in [0.2, 0.25) is 5.91 Å². The van der Waals surface area contributed by atoms with Crippen molar-refractivity contribution in [3.63, 3.8) is 0 Å². The van der Waals surface area contributed by atoms with Gasteiger partial charge in [0.1, 0.15) is 6.04 Å². The van der Waals surface area contributed by atoms with Crippen LogP contribution in [0.15, 0.2) is 60.7 Å². The molecule has 1 aliphatic heterocycles. The van der Waals surface area contributed by atoms with Gasteiger partial charge in [0.15, 0.2) is 0 Å². The van der Waals surface area contributed by atoms with Crippen LogP contribution in [0, 0.1) is 0 Å². The molecular formula is C23H29N3O. The molecule has 2 aliphatic rings. The Balaban J connectivity index is 1.34. The van der Waals surface area contributed by atoms with E-state index in [1.54, 1.807) is 0 Å². The van der Waals surface area contributed by atoms with Gasteiger partial charge in [-0.15, -0.1) is 0 Å². The van der Waals surface area contributed by atoms with Gasteiger partial charge in [0.25, 0.3) is 0 Å². The first kappa shape index (κ1) is 18.2. The van der Waals surface area contributed by atoms with Crippen LogP contribution in [0.2, 0.25) is 0 Å². The first-order valence-electron chi connectivity index (χ1n) is 10.2. The van der Waals surface area contributed by atoms with E-state index in [4.69, 9.17) is 0 Å². The molecule has 1 unspecified atom stereocenters. The SMILES string of the molecule is O=C(NC1CC1)C(NC1CCN(Cc2ccccc2)CC1)c1ccccc1. The number of benzene rings is 2. The lowest BCUT2D eigenvalue weighted by atomic mass is 9.99. The summed E-state index contributed by atoms with van der Waals surface area (Å²) in [4.78, 5) is 15.3. The highest BCUT2D eigenvalue weighted by Gasteiger charge is 2.30. The maximum atomic E-state index is 12.8. The van der Waals surface area contributed by atoms with Gasteiger partial charge in [-0.05, 0) is 49.9 Å². The Hall–Kier alpha value is -2.17. The molecular weight excluding hydrogens is 334 g/mol. The standard InChI is InChI=1S/C23H29N3O/c27-23(25-20-11-12-20)22(19-9-5-2-6-10-19)24-21-13-15-26(16-14-21)17-18-7-3-1-4-8-18/h1-10,20-22,24H,11-17H2,(H,25,27). The zero-order chi connectivity index (χ0) is 18.5. The fourth-order valence-corrected chi connectivity index (χ4v) is 3.82. The highest BCUT2D eigenvalue weighted by Crippen LogP contribution is 2.23. The van der Waals surface area contributed by atoms with Gasteiger partial charge in [0, 0.05) is 18.6 Å². The number of amides is 1. The Morgan fingerprint density at radius 3 is 2.15 bits per heavy atom. The summed E-state index contributed by atoms with van der Waals surface area (Å²) in [6.07, 6.45) is 4.38. The Morgan fingerprint density at radius 1 is 0.889 bits per heavy atom. The zero-order valence-corrected chi connectivity index (χ0v) is 15.8. The van der Waals surface area contributed by atoms with Gasteiger partial charge in [-0.3, -0.25) is 15.0 Å². The van der Waals surface area contributed by atoms with E-state index in [1.807, 2.05) is 18.2 Å². The molecule has 1 saturated carbocycles. The van der Waals surface area contributed by atoms with E-state index in [-0.39, 0.29) is 11.9 Å². The minimum atomic E-state index is -0.252. The molecule has 1 heterocycles. The van der Waals surface area contributed by atoms with Gasteiger partial charge in [0.05, 0.1) is 0 Å². The lowest BCUT2D eigenvalue weighted by Crippen LogP contribution is -2.47. The van der Waals surface area contributed by atoms with Crippen LogP contribution in [-0.4, -0.2) is 36.0 Å². The second kappa shape index (κ2) is 8.68. The topological polar surface area (TPSA) is 44.4 Å². The molecule has 2 aromatic carbocycles. The minimum absolute atomic E-state index is 0.121. The van der Waals surface area contributed by atoms with Gasteiger partial charge in [-0.1, -0.05) is 60.7 Å². The number of hydrogen-bond donors (Lipinski definition) is 2. The summed E-state index contributed by atoms with van der Waals surface area (Å²) in [5.41, 5.74) is 2.43. The molecule has 1 saturated heterocycles. The van der Waals surface area contributed by atoms with Crippen molar-refractivity contribution in [3.05, 3.63) is 71.8 Å². The van der Waals surface area contributed by atoms with Crippen molar-refractivity contribution in [1.29, 1.82) is 0 Å². The van der Waals surface area contributed by atoms with Crippen molar-refractivity contribution < 1.29 is 4.79 Å². The molecule has 4 rings (SSSR count). The summed E-state index contributed by atoms with van der Waals surface area (Å²) in [5, 5.41) is 6.82. The van der Waals surface area contributed by atoms with Crippen molar-refractivity contribution in [3.8, 4) is 0 Å². The quantitative estimate of drug-likeness (QED) is 0.794. The number of nitrogens with zero attached hydrogens (tertiary/aromatic N) is 1. The number of piperidine rings is 1. The predicted molar refractivity (Wildman–Crippen MR) is 108 cm³/mol. The summed E-state index contributed by atoms with van der Waals surface area (Å²) in [6.45, 7) is 3.15. The highest BCUT2D eigenvalue weighted by atomic mass is 16.2. The van der Waals surface area contributed by atoms with E-state index in [2.05, 4.69) is 58.0 Å². The summed E-state index contributed by atoms with van der Waals surface area (Å²) in [6, 6.07) is 21.3. The van der Waals surface area contributed by atoms with Gasteiger partial charge < -0.3 is 5.32 Å². The highest BCUT2D eigenvalue weighted by molar-refractivity contribution is 5.83. The zero-order valence-electron chi connectivity index (χ0n) is 15.8. The first-order valence-corrected chi connectivity index (χ1v) is 10.2. The molecule has 0 aromatic heterocycles. The number of hydrogen-bond acceptors (Lipinski definition) is 3. The Labute approximate surface area is 162 Å². The van der Waals surface area contributed by atoms with Crippen molar-refractivity contribution in [2.24, 2.45) is 0 Å². The van der Waals surface area contributed by atoms with Crippen molar-refractivity contribution in [1.82, 2.24) is 15.5 Å². The number of rotatable bonds is 7. The third kappa shape index (κ3) is 5.18. The monoisotopic (exact) mass is 363 g/mol. The van der Waals surface area contributed by atoms with Crippen LogP contribution in [0.1, 0.15) is 42.9 Å². The lowest BCUT2D eigenvalue weighted by molar-refractivity contribution is -0.123. The number of carbonyl (C=O) groups is 1. The van der Waals surface area contributed by atoms with E-state index < -0.39 is 0 Å². The van der Waals surface area contributed by atoms with E-state index >= 15 is 0 Å². The molecule has 2 fully saturated rings. The molecule has 27 heavy (non-hydrogen) atoms. The lowest BCUT2D eigenvalue weighted by Gasteiger charge is -2.34. The van der Waals surface area contributed by atoms with E-state index in [9.17, 15) is 4.79 Å². The average molecular weight is 364 g/mol. The van der Waals surface area contributed by atoms with Crippen molar-refractivity contribution in [2.45, 2.75) is 50.4 Å². The summed E-state index contributed by atoms with van der Waals surface area (Å²) >= 11 is 0. The van der Waals surface area contributed by atoms with Crippen LogP contribution in [0.5, 0.6) is 0 Å². The van der Waals surface area contributed by atoms with Crippen LogP contribution < -0.4 is 10.6 Å². The fraction of sp³-hybridized carbons (Fsp3) is 0.435. The van der Waals surface area contributed by atoms with Gasteiger partial charge >= 0.3 is 0 Å². The smallest absolute Gasteiger partial charge is 0.241 e. The van der Waals surface area contributed by atoms with Crippen LogP contribution >= 0.6 is 0 Å². The van der Waals surface area contributed by atoms with Crippen molar-refractivity contribution in [2.75, 3.05) is 13.1 Å². The Bertz CT molecular complexity index is 722. The number of carbonyl (C=O) groups excluding carboxylic acids is 1. The molecule has 1 amide bonds. The molecule has 1 aliphatic carbocycles. The van der Waals surface area contributed by atoms with E-state index in [0.29, 0.717) is 12.1 Å². The summed E-state index contributed by atoms with van der Waals surface area (Å²) in [7, 11) is 0. The molecule has 4 nitrogen and oxygen atoms in total. The first-order chi connectivity index (χ1) is 13.3. The molecule has 0 spiro atoms. The predicted octanol–water partition coefficient (Wildman–Crippen LogP) is 3.26. The normalized spacial score (nSPS) is 19.6. The Morgan fingerprint density at radius 2 is 1.52 bits per heavy atom. The maximum Gasteiger partial charge on any atom is 0.241 e. The third-order valence-electron chi connectivity index (χ3n) is 5.56. The summed E-state index contributed by atoms with van der Waals surface area (Å²) < 4.78 is 0. The van der Waals surface area contributed by atoms with Crippen LogP contribution in [-0.2, 0) is 11.3 Å². The number of likely N-dealkylation sites (tertiary alicyclic amines) is 1. The maximum absolute atomic E-state index is 12.8. The molecule has 4 heteroatoms. The summed E-state index contributed by atoms with van der Waals surface area (Å²) in [5.74, 6) is 0.121. The van der Waals surface area contributed by atoms with Gasteiger partial charge in [-0.2, -0.15) is 0 Å². The molecule has 2 aromatic rings. The Kier molecular flexibility index (Phi) is 5.85. The number of nitrogens with one attached hydrogen (secondary N) is 2. The van der Waals surface area contributed by atoms with E-state index in [1.165, 1.54) is 5.56 Å². The minimum Gasteiger partial charge on any atom is -0.352 e. The van der Waals surface area contributed by atoms with Crippen LogP contribution in [0.3, 0.4) is 0 Å². The average Bonchev–Trinajstić information content (AvgIpc) is 3.53. The molecule has 0 bridgehead atoms. The van der Waals surface area contributed by atoms with Crippen molar-refractivity contribution >= 4 is 5.91 Å². The van der Waals surface area contributed by atoms with Crippen LogP contribution in [0.25, 0.3) is 0 Å². The molecule has 0 radical (unpaired) electrons. The van der Waals surface area contributed by atoms with Crippen LogP contribution in [0.4, 0.5) is 0 Å². The fourth-order valence-electron chi connectivity index (χ4n) is 3.82. The van der Waals surface area contributed by atoms with E-state index in [0.717, 1.165) is 50.9 Å². The molecule has 142 valence electrons. The third-order valence-corrected chi connectivity index (χ3v) is 5.56.